The molecule has 5 nitrogen and oxygen atoms in total. The van der Waals surface area contributed by atoms with Crippen molar-refractivity contribution in [3.63, 3.8) is 0 Å². The van der Waals surface area contributed by atoms with Crippen LogP contribution in [0.5, 0.6) is 11.5 Å². The van der Waals surface area contributed by atoms with Crippen LogP contribution < -0.4 is 20.1 Å². The van der Waals surface area contributed by atoms with Crippen LogP contribution in [0.15, 0.2) is 18.2 Å². The fourth-order valence-electron chi connectivity index (χ4n) is 2.64. The Morgan fingerprint density at radius 3 is 2.73 bits per heavy atom. The Kier molecular flexibility index (Phi) is 8.06. The Morgan fingerprint density at radius 1 is 1.32 bits per heavy atom. The summed E-state index contributed by atoms with van der Waals surface area (Å²) in [4.78, 5) is 12.1. The normalized spacial score (nSPS) is 17.3. The highest BCUT2D eigenvalue weighted by molar-refractivity contribution is 5.94. The zero-order valence-corrected chi connectivity index (χ0v) is 14.0. The summed E-state index contributed by atoms with van der Waals surface area (Å²) in [6.07, 6.45) is 3.50. The van der Waals surface area contributed by atoms with E-state index >= 15 is 0 Å². The summed E-state index contributed by atoms with van der Waals surface area (Å²) in [5, 5.41) is 6.36. The first-order valence-corrected chi connectivity index (χ1v) is 7.45. The van der Waals surface area contributed by atoms with Crippen molar-refractivity contribution in [2.75, 3.05) is 33.9 Å². The molecule has 0 aromatic heterocycles. The molecule has 1 fully saturated rings. The van der Waals surface area contributed by atoms with Gasteiger partial charge in [-0.25, -0.2) is 0 Å². The number of amides is 1. The third-order valence-corrected chi connectivity index (χ3v) is 3.88. The van der Waals surface area contributed by atoms with Crippen molar-refractivity contribution in [3.05, 3.63) is 23.8 Å². The zero-order chi connectivity index (χ0) is 15.1. The van der Waals surface area contributed by atoms with Gasteiger partial charge in [0.1, 0.15) is 0 Å². The number of rotatable bonds is 6. The lowest BCUT2D eigenvalue weighted by Gasteiger charge is -2.22. The van der Waals surface area contributed by atoms with Gasteiger partial charge in [0.05, 0.1) is 14.2 Å². The minimum absolute atomic E-state index is 0. The molecular formula is C16H25ClN2O3. The monoisotopic (exact) mass is 328 g/mol. The number of hydrogen-bond donors (Lipinski definition) is 2. The number of nitrogens with one attached hydrogen (secondary N) is 2. The van der Waals surface area contributed by atoms with Crippen LogP contribution in [-0.2, 0) is 0 Å². The Labute approximate surface area is 138 Å². The largest absolute Gasteiger partial charge is 0.493 e. The van der Waals surface area contributed by atoms with E-state index in [1.165, 1.54) is 12.8 Å². The number of carbonyl (C=O) groups is 1. The molecule has 22 heavy (non-hydrogen) atoms. The van der Waals surface area contributed by atoms with E-state index in [0.717, 1.165) is 19.5 Å². The fraction of sp³-hybridized carbons (Fsp3) is 0.562. The van der Waals surface area contributed by atoms with Gasteiger partial charge in [0.2, 0.25) is 0 Å². The van der Waals surface area contributed by atoms with Gasteiger partial charge in [-0.3, -0.25) is 4.79 Å². The van der Waals surface area contributed by atoms with Gasteiger partial charge in [0.25, 0.3) is 5.91 Å². The highest BCUT2D eigenvalue weighted by Gasteiger charge is 2.14. The number of carbonyl (C=O) groups excluding carboxylic acids is 1. The summed E-state index contributed by atoms with van der Waals surface area (Å²) >= 11 is 0. The smallest absolute Gasteiger partial charge is 0.251 e. The summed E-state index contributed by atoms with van der Waals surface area (Å²) in [6.45, 7) is 2.89. The second kappa shape index (κ2) is 9.54. The average molecular weight is 329 g/mol. The molecule has 1 aromatic carbocycles. The quantitative estimate of drug-likeness (QED) is 0.841. The van der Waals surface area contributed by atoms with E-state index in [1.54, 1.807) is 32.4 Å². The summed E-state index contributed by atoms with van der Waals surface area (Å²) in [5.74, 6) is 1.80. The molecule has 1 aliphatic heterocycles. The third kappa shape index (κ3) is 5.07. The van der Waals surface area contributed by atoms with E-state index in [1.807, 2.05) is 0 Å². The van der Waals surface area contributed by atoms with E-state index in [9.17, 15) is 4.79 Å². The maximum Gasteiger partial charge on any atom is 0.251 e. The minimum atomic E-state index is -0.0697. The van der Waals surface area contributed by atoms with Crippen molar-refractivity contribution in [1.29, 1.82) is 0 Å². The molecule has 2 N–H and O–H groups in total. The number of ether oxygens (including phenoxy) is 2. The van der Waals surface area contributed by atoms with Crippen LogP contribution in [0.3, 0.4) is 0 Å². The Hall–Kier alpha value is -1.46. The molecule has 1 saturated heterocycles. The van der Waals surface area contributed by atoms with E-state index in [0.29, 0.717) is 29.5 Å². The summed E-state index contributed by atoms with van der Waals surface area (Å²) in [5.41, 5.74) is 0.592. The van der Waals surface area contributed by atoms with Gasteiger partial charge in [-0.15, -0.1) is 12.4 Å². The number of hydrogen-bond acceptors (Lipinski definition) is 4. The van der Waals surface area contributed by atoms with E-state index in [2.05, 4.69) is 10.6 Å². The molecule has 0 radical (unpaired) electrons. The van der Waals surface area contributed by atoms with Crippen molar-refractivity contribution in [1.82, 2.24) is 10.6 Å². The first-order valence-electron chi connectivity index (χ1n) is 7.45. The van der Waals surface area contributed by atoms with Crippen molar-refractivity contribution < 1.29 is 14.3 Å². The van der Waals surface area contributed by atoms with Crippen molar-refractivity contribution >= 4 is 18.3 Å². The number of piperidine rings is 1. The maximum atomic E-state index is 12.1. The first-order chi connectivity index (χ1) is 10.2. The average Bonchev–Trinajstić information content (AvgIpc) is 2.55. The van der Waals surface area contributed by atoms with Crippen LogP contribution in [0.1, 0.15) is 29.6 Å². The highest BCUT2D eigenvalue weighted by Crippen LogP contribution is 2.27. The molecule has 6 heteroatoms. The zero-order valence-electron chi connectivity index (χ0n) is 13.2. The molecule has 1 atom stereocenters. The van der Waals surface area contributed by atoms with Crippen molar-refractivity contribution in [3.8, 4) is 11.5 Å². The molecule has 1 aromatic rings. The summed E-state index contributed by atoms with van der Waals surface area (Å²) in [7, 11) is 3.14. The van der Waals surface area contributed by atoms with E-state index in [4.69, 9.17) is 9.47 Å². The van der Waals surface area contributed by atoms with Gasteiger partial charge in [-0.2, -0.15) is 0 Å². The van der Waals surface area contributed by atoms with Crippen LogP contribution in [0, 0.1) is 5.92 Å². The Bertz CT molecular complexity index is 476. The summed E-state index contributed by atoms with van der Waals surface area (Å²) in [6, 6.07) is 5.20. The standard InChI is InChI=1S/C16H24N2O3.ClH/c1-20-14-6-5-13(10-15(14)21-2)16(19)18-9-7-12-4-3-8-17-11-12;/h5-6,10,12,17H,3-4,7-9,11H2,1-2H3,(H,18,19);1H. The molecular weight excluding hydrogens is 304 g/mol. The lowest BCUT2D eigenvalue weighted by atomic mass is 9.96. The molecule has 0 aliphatic carbocycles. The molecule has 1 unspecified atom stereocenters. The van der Waals surface area contributed by atoms with Crippen molar-refractivity contribution in [2.45, 2.75) is 19.3 Å². The van der Waals surface area contributed by atoms with Gasteiger partial charge in [-0.05, 0) is 56.5 Å². The molecule has 0 spiro atoms. The van der Waals surface area contributed by atoms with Crippen LogP contribution in [0.4, 0.5) is 0 Å². The minimum Gasteiger partial charge on any atom is -0.493 e. The van der Waals surface area contributed by atoms with Gasteiger partial charge < -0.3 is 20.1 Å². The van der Waals surface area contributed by atoms with Crippen LogP contribution in [0.25, 0.3) is 0 Å². The maximum absolute atomic E-state index is 12.1. The molecule has 0 saturated carbocycles. The Balaban J connectivity index is 0.00000242. The van der Waals surface area contributed by atoms with Crippen LogP contribution in [0.2, 0.25) is 0 Å². The molecule has 1 heterocycles. The predicted octanol–water partition coefficient (Wildman–Crippen LogP) is 2.25. The number of halogens is 1. The third-order valence-electron chi connectivity index (χ3n) is 3.88. The number of benzene rings is 1. The lowest BCUT2D eigenvalue weighted by Crippen LogP contribution is -2.33. The highest BCUT2D eigenvalue weighted by atomic mass is 35.5. The Morgan fingerprint density at radius 2 is 2.09 bits per heavy atom. The van der Waals surface area contributed by atoms with E-state index in [-0.39, 0.29) is 18.3 Å². The number of methoxy groups -OCH3 is 2. The van der Waals surface area contributed by atoms with E-state index < -0.39 is 0 Å². The SMILES string of the molecule is COc1ccc(C(=O)NCCC2CCCNC2)cc1OC.Cl. The van der Waals surface area contributed by atoms with Gasteiger partial charge in [-0.1, -0.05) is 0 Å². The van der Waals surface area contributed by atoms with Crippen LogP contribution in [-0.4, -0.2) is 39.8 Å². The topological polar surface area (TPSA) is 59.6 Å². The summed E-state index contributed by atoms with van der Waals surface area (Å²) < 4.78 is 10.4. The first kappa shape index (κ1) is 18.6. The fourth-order valence-corrected chi connectivity index (χ4v) is 2.64. The van der Waals surface area contributed by atoms with Gasteiger partial charge in [0.15, 0.2) is 11.5 Å². The molecule has 0 bridgehead atoms. The van der Waals surface area contributed by atoms with Crippen LogP contribution >= 0.6 is 12.4 Å². The molecule has 2 rings (SSSR count). The van der Waals surface area contributed by atoms with Gasteiger partial charge >= 0.3 is 0 Å². The second-order valence-corrected chi connectivity index (χ2v) is 5.33. The molecule has 1 amide bonds. The second-order valence-electron chi connectivity index (χ2n) is 5.33. The lowest BCUT2D eigenvalue weighted by molar-refractivity contribution is 0.0950. The van der Waals surface area contributed by atoms with Crippen molar-refractivity contribution in [2.24, 2.45) is 5.92 Å². The van der Waals surface area contributed by atoms with Gasteiger partial charge in [0, 0.05) is 12.1 Å². The molecule has 1 aliphatic rings. The predicted molar refractivity (Wildman–Crippen MR) is 89.3 cm³/mol. The molecule has 124 valence electrons.